The lowest BCUT2D eigenvalue weighted by molar-refractivity contribution is 0.0157. The smallest absolute Gasteiger partial charge is 0.0897 e. The summed E-state index contributed by atoms with van der Waals surface area (Å²) < 4.78 is 5.51. The Morgan fingerprint density at radius 1 is 1.26 bits per heavy atom. The number of hydrogen-bond donors (Lipinski definition) is 1. The molecule has 1 N–H and O–H groups in total. The van der Waals surface area contributed by atoms with Gasteiger partial charge in [-0.2, -0.15) is 0 Å². The summed E-state index contributed by atoms with van der Waals surface area (Å²) in [6, 6.07) is 11.5. The number of thiazole rings is 1. The molecule has 0 saturated carbocycles. The average molecular weight is 331 g/mol. The van der Waals surface area contributed by atoms with Crippen molar-refractivity contribution in [3.8, 4) is 0 Å². The van der Waals surface area contributed by atoms with Gasteiger partial charge in [-0.05, 0) is 19.4 Å². The minimum Gasteiger partial charge on any atom is -0.379 e. The van der Waals surface area contributed by atoms with Crippen molar-refractivity contribution in [2.75, 3.05) is 32.8 Å². The van der Waals surface area contributed by atoms with Gasteiger partial charge in [-0.25, -0.2) is 4.98 Å². The Hall–Kier alpha value is -1.27. The van der Waals surface area contributed by atoms with Crippen molar-refractivity contribution in [3.05, 3.63) is 52.0 Å². The highest BCUT2D eigenvalue weighted by atomic mass is 32.1. The Balaban J connectivity index is 1.68. The molecule has 2 atom stereocenters. The molecule has 1 aromatic heterocycles. The molecule has 0 radical (unpaired) electrons. The van der Waals surface area contributed by atoms with E-state index in [1.165, 1.54) is 10.4 Å². The first kappa shape index (κ1) is 16.6. The van der Waals surface area contributed by atoms with E-state index in [-0.39, 0.29) is 0 Å². The second-order valence-corrected chi connectivity index (χ2v) is 7.25. The van der Waals surface area contributed by atoms with E-state index in [0.29, 0.717) is 12.1 Å². The van der Waals surface area contributed by atoms with E-state index in [1.54, 1.807) is 11.3 Å². The van der Waals surface area contributed by atoms with Gasteiger partial charge in [-0.3, -0.25) is 4.90 Å². The number of ether oxygens (including phenoxy) is 1. The second-order valence-electron chi connectivity index (χ2n) is 5.99. The lowest BCUT2D eigenvalue weighted by Crippen LogP contribution is -2.43. The summed E-state index contributed by atoms with van der Waals surface area (Å²) in [5.74, 6) is 0. The fourth-order valence-corrected chi connectivity index (χ4v) is 3.80. The van der Waals surface area contributed by atoms with Crippen LogP contribution in [0.2, 0.25) is 0 Å². The van der Waals surface area contributed by atoms with Gasteiger partial charge in [0.05, 0.1) is 18.2 Å². The van der Waals surface area contributed by atoms with E-state index in [9.17, 15) is 0 Å². The Morgan fingerprint density at radius 3 is 2.65 bits per heavy atom. The molecule has 4 nitrogen and oxygen atoms in total. The molecular formula is C18H25N3OS. The molecule has 0 spiro atoms. The van der Waals surface area contributed by atoms with Crippen LogP contribution in [0.25, 0.3) is 0 Å². The van der Waals surface area contributed by atoms with Crippen molar-refractivity contribution in [1.82, 2.24) is 15.2 Å². The van der Waals surface area contributed by atoms with Crippen LogP contribution in [0.15, 0.2) is 36.5 Å². The molecule has 0 amide bonds. The Bertz CT molecular complexity index is 595. The number of aromatic nitrogens is 1. The maximum atomic E-state index is 5.51. The normalized spacial score (nSPS) is 18.7. The Morgan fingerprint density at radius 2 is 2.00 bits per heavy atom. The molecule has 3 rings (SSSR count). The van der Waals surface area contributed by atoms with E-state index in [0.717, 1.165) is 37.9 Å². The maximum absolute atomic E-state index is 5.51. The fourth-order valence-electron chi connectivity index (χ4n) is 2.99. The van der Waals surface area contributed by atoms with Crippen molar-refractivity contribution >= 4 is 11.3 Å². The van der Waals surface area contributed by atoms with Gasteiger partial charge in [0.15, 0.2) is 0 Å². The van der Waals surface area contributed by atoms with Gasteiger partial charge < -0.3 is 10.1 Å². The molecule has 1 saturated heterocycles. The highest BCUT2D eigenvalue weighted by Crippen LogP contribution is 2.24. The van der Waals surface area contributed by atoms with E-state index < -0.39 is 0 Å². The van der Waals surface area contributed by atoms with Crippen molar-refractivity contribution in [2.24, 2.45) is 0 Å². The number of rotatable bonds is 6. The predicted octanol–water partition coefficient (Wildman–Crippen LogP) is 3.18. The molecule has 2 heterocycles. The van der Waals surface area contributed by atoms with Crippen molar-refractivity contribution in [1.29, 1.82) is 0 Å². The van der Waals surface area contributed by atoms with Crippen molar-refractivity contribution in [2.45, 2.75) is 25.9 Å². The highest BCUT2D eigenvalue weighted by Gasteiger charge is 2.23. The number of nitrogens with zero attached hydrogens (tertiary/aromatic N) is 2. The van der Waals surface area contributed by atoms with Crippen molar-refractivity contribution < 1.29 is 4.74 Å². The SMILES string of the molecule is Cc1ncc([C@H](C)NC[C@H](c2ccccc2)N2CCOCC2)s1. The number of aryl methyl sites for hydroxylation is 1. The molecular weight excluding hydrogens is 306 g/mol. The zero-order chi connectivity index (χ0) is 16.1. The van der Waals surface area contributed by atoms with Crippen LogP contribution in [-0.2, 0) is 4.74 Å². The summed E-state index contributed by atoms with van der Waals surface area (Å²) in [6.07, 6.45) is 1.99. The summed E-state index contributed by atoms with van der Waals surface area (Å²) in [6.45, 7) is 8.85. The number of morpholine rings is 1. The lowest BCUT2D eigenvalue weighted by Gasteiger charge is -2.35. The second kappa shape index (κ2) is 8.02. The van der Waals surface area contributed by atoms with Gasteiger partial charge in [-0.15, -0.1) is 11.3 Å². The molecule has 1 aromatic carbocycles. The molecule has 2 aromatic rings. The summed E-state index contributed by atoms with van der Waals surface area (Å²) in [5, 5.41) is 4.82. The summed E-state index contributed by atoms with van der Waals surface area (Å²) in [4.78, 5) is 8.19. The zero-order valence-corrected chi connectivity index (χ0v) is 14.7. The number of hydrogen-bond acceptors (Lipinski definition) is 5. The lowest BCUT2D eigenvalue weighted by atomic mass is 10.0. The number of benzene rings is 1. The third-order valence-electron chi connectivity index (χ3n) is 4.35. The van der Waals surface area contributed by atoms with Crippen LogP contribution in [0.3, 0.4) is 0 Å². The molecule has 5 heteroatoms. The highest BCUT2D eigenvalue weighted by molar-refractivity contribution is 7.11. The Labute approximate surface area is 142 Å². The first-order valence-corrected chi connectivity index (χ1v) is 9.08. The summed E-state index contributed by atoms with van der Waals surface area (Å²) in [7, 11) is 0. The summed E-state index contributed by atoms with van der Waals surface area (Å²) >= 11 is 1.77. The van der Waals surface area contributed by atoms with Crippen LogP contribution in [0.4, 0.5) is 0 Å². The van der Waals surface area contributed by atoms with Crippen LogP contribution in [0.5, 0.6) is 0 Å². The van der Waals surface area contributed by atoms with E-state index in [1.807, 2.05) is 6.20 Å². The largest absolute Gasteiger partial charge is 0.379 e. The van der Waals surface area contributed by atoms with Gasteiger partial charge in [0.1, 0.15) is 0 Å². The standard InChI is InChI=1S/C18H25N3OS/c1-14(18-13-20-15(2)23-18)19-12-17(16-6-4-3-5-7-16)21-8-10-22-11-9-21/h3-7,13-14,17,19H,8-12H2,1-2H3/t14-,17+/m0/s1. The molecule has 0 aliphatic carbocycles. The van der Waals surface area contributed by atoms with Gasteiger partial charge >= 0.3 is 0 Å². The molecule has 1 aliphatic heterocycles. The predicted molar refractivity (Wildman–Crippen MR) is 94.8 cm³/mol. The van der Waals surface area contributed by atoms with Gasteiger partial charge in [0.2, 0.25) is 0 Å². The first-order chi connectivity index (χ1) is 11.2. The molecule has 23 heavy (non-hydrogen) atoms. The minimum absolute atomic E-state index is 0.327. The van der Waals surface area contributed by atoms with E-state index in [4.69, 9.17) is 4.74 Å². The maximum Gasteiger partial charge on any atom is 0.0897 e. The number of nitrogens with one attached hydrogen (secondary N) is 1. The molecule has 0 bridgehead atoms. The Kier molecular flexibility index (Phi) is 5.78. The monoisotopic (exact) mass is 331 g/mol. The molecule has 1 aliphatic rings. The van der Waals surface area contributed by atoms with Crippen LogP contribution < -0.4 is 5.32 Å². The zero-order valence-electron chi connectivity index (χ0n) is 13.9. The molecule has 0 unspecified atom stereocenters. The van der Waals surface area contributed by atoms with E-state index in [2.05, 4.69) is 59.4 Å². The van der Waals surface area contributed by atoms with E-state index >= 15 is 0 Å². The minimum atomic E-state index is 0.327. The van der Waals surface area contributed by atoms with Crippen molar-refractivity contribution in [3.63, 3.8) is 0 Å². The van der Waals surface area contributed by atoms with Crippen LogP contribution >= 0.6 is 11.3 Å². The van der Waals surface area contributed by atoms with Gasteiger partial charge in [0, 0.05) is 42.8 Å². The summed E-state index contributed by atoms with van der Waals surface area (Å²) in [5.41, 5.74) is 1.37. The topological polar surface area (TPSA) is 37.4 Å². The van der Waals surface area contributed by atoms with Crippen LogP contribution in [0.1, 0.15) is 34.5 Å². The average Bonchev–Trinajstić information content (AvgIpc) is 3.03. The molecule has 1 fully saturated rings. The van der Waals surface area contributed by atoms with Gasteiger partial charge in [0.25, 0.3) is 0 Å². The quantitative estimate of drug-likeness (QED) is 0.882. The van der Waals surface area contributed by atoms with Gasteiger partial charge in [-0.1, -0.05) is 30.3 Å². The molecule has 124 valence electrons. The van der Waals surface area contributed by atoms with Crippen LogP contribution in [0, 0.1) is 6.92 Å². The first-order valence-electron chi connectivity index (χ1n) is 8.26. The third kappa shape index (κ3) is 4.38. The third-order valence-corrected chi connectivity index (χ3v) is 5.45. The fraction of sp³-hybridized carbons (Fsp3) is 0.500. The van der Waals surface area contributed by atoms with Crippen LogP contribution in [-0.4, -0.2) is 42.7 Å².